The van der Waals surface area contributed by atoms with Crippen molar-refractivity contribution in [3.05, 3.63) is 0 Å². The highest BCUT2D eigenvalue weighted by atomic mass is 16.5. The first kappa shape index (κ1) is 13.8. The zero-order valence-electron chi connectivity index (χ0n) is 10.7. The number of hydrogen-bond acceptors (Lipinski definition) is 3. The molecule has 1 saturated heterocycles. The molecule has 98 valence electrons. The van der Waals surface area contributed by atoms with Crippen LogP contribution in [0.2, 0.25) is 0 Å². The largest absolute Gasteiger partial charge is 0.467 e. The fourth-order valence-corrected chi connectivity index (χ4v) is 2.03. The molecule has 0 spiro atoms. The Kier molecular flexibility index (Phi) is 5.80. The van der Waals surface area contributed by atoms with E-state index in [0.29, 0.717) is 19.5 Å². The molecule has 17 heavy (non-hydrogen) atoms. The molecule has 1 aliphatic rings. The molecule has 5 heteroatoms. The summed E-state index contributed by atoms with van der Waals surface area (Å²) in [6.45, 7) is 3.38. The van der Waals surface area contributed by atoms with Crippen molar-refractivity contribution in [3.63, 3.8) is 0 Å². The molecule has 0 saturated carbocycles. The lowest BCUT2D eigenvalue weighted by Crippen LogP contribution is -2.52. The summed E-state index contributed by atoms with van der Waals surface area (Å²) < 4.78 is 4.74. The third-order valence-corrected chi connectivity index (χ3v) is 3.04. The molecule has 0 bridgehead atoms. The quantitative estimate of drug-likeness (QED) is 0.600. The zero-order chi connectivity index (χ0) is 12.7. The average Bonchev–Trinajstić information content (AvgIpc) is 2.38. The second-order valence-electron chi connectivity index (χ2n) is 4.31. The van der Waals surface area contributed by atoms with E-state index in [4.69, 9.17) is 4.74 Å². The van der Waals surface area contributed by atoms with Gasteiger partial charge >= 0.3 is 12.0 Å². The van der Waals surface area contributed by atoms with Crippen molar-refractivity contribution in [3.8, 4) is 0 Å². The van der Waals surface area contributed by atoms with Gasteiger partial charge in [0.15, 0.2) is 0 Å². The number of likely N-dealkylation sites (tertiary alicyclic amines) is 1. The van der Waals surface area contributed by atoms with Gasteiger partial charge in [0.05, 0.1) is 7.11 Å². The molecule has 2 amide bonds. The van der Waals surface area contributed by atoms with Crippen LogP contribution >= 0.6 is 0 Å². The predicted octanol–water partition coefficient (Wildman–Crippen LogP) is 1.52. The number of rotatable bonds is 4. The predicted molar refractivity (Wildman–Crippen MR) is 64.7 cm³/mol. The summed E-state index contributed by atoms with van der Waals surface area (Å²) in [5.41, 5.74) is 0. The standard InChI is InChI=1S/C12H22N2O3/c1-3-4-8-13-12(16)14-9-6-5-7-10(14)11(15)17-2/h10H,3-9H2,1-2H3,(H,13,16)/t10-/m1/s1. The Bertz CT molecular complexity index is 268. The molecule has 0 aromatic heterocycles. The van der Waals surface area contributed by atoms with Gasteiger partial charge in [-0.25, -0.2) is 9.59 Å². The Balaban J connectivity index is 2.52. The zero-order valence-corrected chi connectivity index (χ0v) is 10.7. The van der Waals surface area contributed by atoms with E-state index >= 15 is 0 Å². The topological polar surface area (TPSA) is 58.6 Å². The fourth-order valence-electron chi connectivity index (χ4n) is 2.03. The van der Waals surface area contributed by atoms with Gasteiger partial charge in [0.1, 0.15) is 6.04 Å². The van der Waals surface area contributed by atoms with Crippen LogP contribution in [0.3, 0.4) is 0 Å². The monoisotopic (exact) mass is 242 g/mol. The van der Waals surface area contributed by atoms with Gasteiger partial charge in [-0.2, -0.15) is 0 Å². The SMILES string of the molecule is CCCCNC(=O)N1CCCC[C@@H]1C(=O)OC. The van der Waals surface area contributed by atoms with Gasteiger partial charge in [0.25, 0.3) is 0 Å². The number of carbonyl (C=O) groups is 2. The molecule has 0 aliphatic carbocycles. The Labute approximate surface area is 102 Å². The lowest BCUT2D eigenvalue weighted by atomic mass is 10.0. The van der Waals surface area contributed by atoms with Crippen LogP contribution < -0.4 is 5.32 Å². The maximum Gasteiger partial charge on any atom is 0.328 e. The lowest BCUT2D eigenvalue weighted by molar-refractivity contribution is -0.146. The number of hydrogen-bond donors (Lipinski definition) is 1. The van der Waals surface area contributed by atoms with Gasteiger partial charge in [0, 0.05) is 13.1 Å². The highest BCUT2D eigenvalue weighted by Gasteiger charge is 2.32. The minimum absolute atomic E-state index is 0.145. The van der Waals surface area contributed by atoms with Crippen molar-refractivity contribution in [1.29, 1.82) is 0 Å². The van der Waals surface area contributed by atoms with Gasteiger partial charge in [-0.15, -0.1) is 0 Å². The molecule has 1 fully saturated rings. The Morgan fingerprint density at radius 3 is 2.82 bits per heavy atom. The summed E-state index contributed by atoms with van der Waals surface area (Å²) in [7, 11) is 1.37. The van der Waals surface area contributed by atoms with Crippen molar-refractivity contribution >= 4 is 12.0 Å². The Hall–Kier alpha value is -1.26. The van der Waals surface area contributed by atoms with Crippen LogP contribution in [-0.4, -0.2) is 43.1 Å². The van der Waals surface area contributed by atoms with Crippen LogP contribution in [0.15, 0.2) is 0 Å². The summed E-state index contributed by atoms with van der Waals surface area (Å²) in [5, 5.41) is 2.84. The first-order valence-corrected chi connectivity index (χ1v) is 6.33. The number of urea groups is 1. The summed E-state index contributed by atoms with van der Waals surface area (Å²) in [6, 6.07) is -0.552. The number of amides is 2. The Morgan fingerprint density at radius 2 is 2.18 bits per heavy atom. The van der Waals surface area contributed by atoms with Crippen LogP contribution in [0, 0.1) is 0 Å². The molecule has 1 aliphatic heterocycles. The third-order valence-electron chi connectivity index (χ3n) is 3.04. The van der Waals surface area contributed by atoms with E-state index in [1.807, 2.05) is 0 Å². The van der Waals surface area contributed by atoms with Crippen molar-refractivity contribution in [2.75, 3.05) is 20.2 Å². The summed E-state index contributed by atoms with van der Waals surface area (Å²) in [4.78, 5) is 25.1. The van der Waals surface area contributed by atoms with E-state index in [0.717, 1.165) is 25.7 Å². The van der Waals surface area contributed by atoms with Gasteiger partial charge in [-0.05, 0) is 25.7 Å². The first-order chi connectivity index (χ1) is 8.20. The number of unbranched alkanes of at least 4 members (excludes halogenated alkanes) is 1. The maximum atomic E-state index is 11.9. The minimum atomic E-state index is -0.407. The molecule has 1 N–H and O–H groups in total. The molecule has 1 heterocycles. The smallest absolute Gasteiger partial charge is 0.328 e. The number of ether oxygens (including phenoxy) is 1. The highest BCUT2D eigenvalue weighted by Crippen LogP contribution is 2.18. The number of piperidine rings is 1. The van der Waals surface area contributed by atoms with E-state index in [2.05, 4.69) is 12.2 Å². The molecule has 0 radical (unpaired) electrons. The number of methoxy groups -OCH3 is 1. The normalized spacial score (nSPS) is 19.9. The first-order valence-electron chi connectivity index (χ1n) is 6.33. The molecular weight excluding hydrogens is 220 g/mol. The summed E-state index contributed by atoms with van der Waals surface area (Å²) >= 11 is 0. The van der Waals surface area contributed by atoms with Crippen molar-refractivity contribution in [1.82, 2.24) is 10.2 Å². The fraction of sp³-hybridized carbons (Fsp3) is 0.833. The Morgan fingerprint density at radius 1 is 1.41 bits per heavy atom. The van der Waals surface area contributed by atoms with E-state index in [9.17, 15) is 9.59 Å². The van der Waals surface area contributed by atoms with Gasteiger partial charge in [0.2, 0.25) is 0 Å². The highest BCUT2D eigenvalue weighted by molar-refractivity contribution is 5.83. The van der Waals surface area contributed by atoms with Crippen LogP contribution in [0.25, 0.3) is 0 Å². The number of nitrogens with zero attached hydrogens (tertiary/aromatic N) is 1. The van der Waals surface area contributed by atoms with Crippen LogP contribution in [0.4, 0.5) is 4.79 Å². The molecule has 0 aromatic rings. The van der Waals surface area contributed by atoms with Crippen molar-refractivity contribution in [2.24, 2.45) is 0 Å². The van der Waals surface area contributed by atoms with Crippen molar-refractivity contribution in [2.45, 2.75) is 45.1 Å². The second-order valence-corrected chi connectivity index (χ2v) is 4.31. The molecule has 0 unspecified atom stereocenters. The van der Waals surface area contributed by atoms with Gasteiger partial charge < -0.3 is 15.0 Å². The minimum Gasteiger partial charge on any atom is -0.467 e. The van der Waals surface area contributed by atoms with E-state index in [1.165, 1.54) is 7.11 Å². The molecule has 0 aromatic carbocycles. The molecule has 1 rings (SSSR count). The lowest BCUT2D eigenvalue weighted by Gasteiger charge is -2.33. The van der Waals surface area contributed by atoms with E-state index in [1.54, 1.807) is 4.90 Å². The second kappa shape index (κ2) is 7.14. The van der Waals surface area contributed by atoms with Crippen LogP contribution in [0.5, 0.6) is 0 Å². The number of nitrogens with one attached hydrogen (secondary N) is 1. The van der Waals surface area contributed by atoms with E-state index in [-0.39, 0.29) is 12.0 Å². The van der Waals surface area contributed by atoms with Crippen LogP contribution in [0.1, 0.15) is 39.0 Å². The maximum absolute atomic E-state index is 11.9. The molecular formula is C12H22N2O3. The number of esters is 1. The molecule has 5 nitrogen and oxygen atoms in total. The summed E-state index contributed by atoms with van der Waals surface area (Å²) in [5.74, 6) is -0.310. The third kappa shape index (κ3) is 3.91. The van der Waals surface area contributed by atoms with Gasteiger partial charge in [-0.1, -0.05) is 13.3 Å². The summed E-state index contributed by atoms with van der Waals surface area (Å²) in [6.07, 6.45) is 4.63. The van der Waals surface area contributed by atoms with Gasteiger partial charge in [-0.3, -0.25) is 0 Å². The average molecular weight is 242 g/mol. The van der Waals surface area contributed by atoms with E-state index < -0.39 is 6.04 Å². The van der Waals surface area contributed by atoms with Crippen LogP contribution in [-0.2, 0) is 9.53 Å². The number of carbonyl (C=O) groups excluding carboxylic acids is 2. The van der Waals surface area contributed by atoms with Crippen molar-refractivity contribution < 1.29 is 14.3 Å². The molecule has 1 atom stereocenters.